The topological polar surface area (TPSA) is 76.1 Å². The number of methoxy groups -OCH3 is 1. The molecule has 2 N–H and O–H groups in total. The summed E-state index contributed by atoms with van der Waals surface area (Å²) in [4.78, 5) is 10.9. The molecule has 1 rings (SSSR count). The molecule has 0 saturated heterocycles. The predicted molar refractivity (Wildman–Crippen MR) is 51.2 cm³/mol. The average Bonchev–Trinajstić information content (AvgIpc) is 2.25. The van der Waals surface area contributed by atoms with Crippen molar-refractivity contribution < 1.29 is 22.7 Å². The van der Waals surface area contributed by atoms with Gasteiger partial charge in [0.05, 0.1) is 23.8 Å². The van der Waals surface area contributed by atoms with Crippen molar-refractivity contribution in [1.29, 1.82) is 5.26 Å². The summed E-state index contributed by atoms with van der Waals surface area (Å²) in [6.45, 7) is 0. The Hall–Kier alpha value is -2.23. The quantitative estimate of drug-likeness (QED) is 0.859. The molecule has 7 heteroatoms. The molecule has 17 heavy (non-hydrogen) atoms. The van der Waals surface area contributed by atoms with E-state index in [1.807, 2.05) is 0 Å². The van der Waals surface area contributed by atoms with Crippen LogP contribution >= 0.6 is 0 Å². The Balaban J connectivity index is 3.59. The second-order valence-electron chi connectivity index (χ2n) is 3.07. The fourth-order valence-corrected chi connectivity index (χ4v) is 1.27. The van der Waals surface area contributed by atoms with Crippen molar-refractivity contribution in [3.8, 4) is 11.8 Å². The molecule has 0 spiro atoms. The van der Waals surface area contributed by atoms with Crippen LogP contribution in [0.2, 0.25) is 0 Å². The summed E-state index contributed by atoms with van der Waals surface area (Å²) >= 11 is 0. The number of benzene rings is 1. The van der Waals surface area contributed by atoms with E-state index in [2.05, 4.69) is 4.74 Å². The van der Waals surface area contributed by atoms with Crippen LogP contribution in [0.3, 0.4) is 0 Å². The van der Waals surface area contributed by atoms with E-state index < -0.39 is 23.2 Å². The highest BCUT2D eigenvalue weighted by atomic mass is 19.4. The fraction of sp³-hybridized carbons (Fsp3) is 0.200. The lowest BCUT2D eigenvalue weighted by Crippen LogP contribution is -2.19. The number of alkyl halides is 3. The van der Waals surface area contributed by atoms with Gasteiger partial charge in [-0.15, -0.1) is 0 Å². The van der Waals surface area contributed by atoms with Gasteiger partial charge in [0.25, 0.3) is 0 Å². The molecule has 0 aliphatic rings. The summed E-state index contributed by atoms with van der Waals surface area (Å²) in [5, 5.41) is 8.69. The van der Waals surface area contributed by atoms with Crippen molar-refractivity contribution in [3.63, 3.8) is 0 Å². The number of ether oxygens (including phenoxy) is 1. The first-order valence-electron chi connectivity index (χ1n) is 4.30. The molecule has 4 nitrogen and oxygen atoms in total. The van der Waals surface area contributed by atoms with Crippen LogP contribution in [0, 0.1) is 11.3 Å². The van der Waals surface area contributed by atoms with Crippen molar-refractivity contribution in [3.05, 3.63) is 28.8 Å². The second-order valence-corrected chi connectivity index (χ2v) is 3.07. The molecule has 1 aromatic rings. The molecule has 0 saturated carbocycles. The van der Waals surface area contributed by atoms with Gasteiger partial charge in [-0.3, -0.25) is 4.79 Å². The van der Waals surface area contributed by atoms with Gasteiger partial charge in [0.2, 0.25) is 5.91 Å². The number of rotatable bonds is 2. The van der Waals surface area contributed by atoms with Crippen molar-refractivity contribution in [2.75, 3.05) is 7.11 Å². The second kappa shape index (κ2) is 4.33. The molecule has 1 amide bonds. The van der Waals surface area contributed by atoms with Crippen LogP contribution in [0.1, 0.15) is 21.5 Å². The number of nitrogens with zero attached hydrogens (tertiary/aromatic N) is 1. The molecule has 0 bridgehead atoms. The number of primary amides is 1. The summed E-state index contributed by atoms with van der Waals surface area (Å²) < 4.78 is 42.5. The van der Waals surface area contributed by atoms with Gasteiger partial charge in [-0.05, 0) is 12.1 Å². The van der Waals surface area contributed by atoms with E-state index in [0.29, 0.717) is 6.07 Å². The maximum atomic E-state index is 12.6. The number of carbonyl (C=O) groups excluding carboxylic acids is 1. The number of nitriles is 1. The van der Waals surface area contributed by atoms with E-state index in [0.717, 1.165) is 13.2 Å². The van der Waals surface area contributed by atoms with Gasteiger partial charge in [0, 0.05) is 0 Å². The maximum Gasteiger partial charge on any atom is 0.417 e. The molecule has 0 fully saturated rings. The van der Waals surface area contributed by atoms with Crippen molar-refractivity contribution in [2.24, 2.45) is 5.73 Å². The van der Waals surface area contributed by atoms with Crippen molar-refractivity contribution in [2.45, 2.75) is 6.18 Å². The number of carbonyl (C=O) groups is 1. The van der Waals surface area contributed by atoms with Gasteiger partial charge in [-0.2, -0.15) is 18.4 Å². The summed E-state index contributed by atoms with van der Waals surface area (Å²) in [6, 6.07) is 2.97. The Labute approximate surface area is 94.4 Å². The summed E-state index contributed by atoms with van der Waals surface area (Å²) in [5.74, 6) is -1.51. The zero-order valence-electron chi connectivity index (χ0n) is 8.63. The van der Waals surface area contributed by atoms with Crippen LogP contribution in [0.25, 0.3) is 0 Å². The van der Waals surface area contributed by atoms with Crippen LogP contribution in [0.15, 0.2) is 12.1 Å². The Morgan fingerprint density at radius 1 is 1.47 bits per heavy atom. The van der Waals surface area contributed by atoms with Gasteiger partial charge >= 0.3 is 6.18 Å². The first-order valence-corrected chi connectivity index (χ1v) is 4.30. The lowest BCUT2D eigenvalue weighted by Gasteiger charge is -2.13. The minimum atomic E-state index is -4.74. The van der Waals surface area contributed by atoms with Crippen LogP contribution in [-0.4, -0.2) is 13.0 Å². The third kappa shape index (κ3) is 2.47. The zero-order valence-corrected chi connectivity index (χ0v) is 8.63. The Morgan fingerprint density at radius 3 is 2.41 bits per heavy atom. The number of nitrogens with two attached hydrogens (primary N) is 1. The summed E-state index contributed by atoms with van der Waals surface area (Å²) in [5.41, 5.74) is 2.68. The van der Waals surface area contributed by atoms with E-state index >= 15 is 0 Å². The highest BCUT2D eigenvalue weighted by Crippen LogP contribution is 2.35. The van der Waals surface area contributed by atoms with E-state index in [9.17, 15) is 18.0 Å². The molecule has 1 aromatic carbocycles. The van der Waals surface area contributed by atoms with Gasteiger partial charge in [-0.25, -0.2) is 0 Å². The van der Waals surface area contributed by atoms with E-state index in [4.69, 9.17) is 11.0 Å². The molecule has 0 aliphatic heterocycles. The highest BCUT2D eigenvalue weighted by Gasteiger charge is 2.36. The van der Waals surface area contributed by atoms with Crippen LogP contribution in [0.4, 0.5) is 13.2 Å². The average molecular weight is 244 g/mol. The normalized spacial score (nSPS) is 10.8. The number of halogens is 3. The first-order chi connectivity index (χ1) is 7.81. The molecule has 0 atom stereocenters. The minimum Gasteiger partial charge on any atom is -0.495 e. The zero-order chi connectivity index (χ0) is 13.2. The van der Waals surface area contributed by atoms with Crippen LogP contribution in [0.5, 0.6) is 5.75 Å². The summed E-state index contributed by atoms with van der Waals surface area (Å²) in [6.07, 6.45) is -4.74. The van der Waals surface area contributed by atoms with E-state index in [1.54, 1.807) is 6.07 Å². The molecule has 0 aromatic heterocycles. The van der Waals surface area contributed by atoms with Gasteiger partial charge in [0.1, 0.15) is 11.8 Å². The number of hydrogen-bond donors (Lipinski definition) is 1. The first kappa shape index (κ1) is 12.8. The van der Waals surface area contributed by atoms with Gasteiger partial charge in [-0.1, -0.05) is 0 Å². The third-order valence-electron chi connectivity index (χ3n) is 2.03. The standard InChI is InChI=1S/C10H7F3N2O2/c1-17-8-3-7(10(11,12)13)6(9(15)16)2-5(8)4-14/h2-3H,1H3,(H2,15,16). The Kier molecular flexibility index (Phi) is 3.27. The maximum absolute atomic E-state index is 12.6. The Morgan fingerprint density at radius 2 is 2.06 bits per heavy atom. The Bertz CT molecular complexity index is 503. The largest absolute Gasteiger partial charge is 0.495 e. The number of hydrogen-bond acceptors (Lipinski definition) is 3. The molecular weight excluding hydrogens is 237 g/mol. The van der Waals surface area contributed by atoms with Crippen LogP contribution in [-0.2, 0) is 6.18 Å². The molecule has 0 unspecified atom stereocenters. The SMILES string of the molecule is COc1cc(C(F)(F)F)c(C(N)=O)cc1C#N. The molecule has 0 aliphatic carbocycles. The van der Waals surface area contributed by atoms with Crippen LogP contribution < -0.4 is 10.5 Å². The van der Waals surface area contributed by atoms with Crippen molar-refractivity contribution in [1.82, 2.24) is 0 Å². The lowest BCUT2D eigenvalue weighted by molar-refractivity contribution is -0.138. The van der Waals surface area contributed by atoms with Gasteiger partial charge in [0.15, 0.2) is 0 Å². The van der Waals surface area contributed by atoms with Gasteiger partial charge < -0.3 is 10.5 Å². The lowest BCUT2D eigenvalue weighted by atomic mass is 10.0. The monoisotopic (exact) mass is 244 g/mol. The van der Waals surface area contributed by atoms with Crippen molar-refractivity contribution >= 4 is 5.91 Å². The fourth-order valence-electron chi connectivity index (χ4n) is 1.27. The molecule has 90 valence electrons. The van der Waals surface area contributed by atoms with E-state index in [1.165, 1.54) is 0 Å². The highest BCUT2D eigenvalue weighted by molar-refractivity contribution is 5.95. The molecule has 0 radical (unpaired) electrons. The third-order valence-corrected chi connectivity index (χ3v) is 2.03. The predicted octanol–water partition coefficient (Wildman–Crippen LogP) is 1.68. The number of amides is 1. The molecular formula is C10H7F3N2O2. The minimum absolute atomic E-state index is 0.186. The molecule has 0 heterocycles. The summed E-state index contributed by atoms with van der Waals surface area (Å²) in [7, 11) is 1.13. The van der Waals surface area contributed by atoms with E-state index in [-0.39, 0.29) is 11.3 Å². The smallest absolute Gasteiger partial charge is 0.417 e.